The van der Waals surface area contributed by atoms with Gasteiger partial charge < -0.3 is 10.1 Å². The number of ether oxygens (including phenoxy) is 1. The number of amides is 3. The molecule has 32 heavy (non-hydrogen) atoms. The summed E-state index contributed by atoms with van der Waals surface area (Å²) in [5.41, 5.74) is 6.79. The minimum Gasteiger partial charge on any atom is -0.445 e. The van der Waals surface area contributed by atoms with Crippen molar-refractivity contribution in [3.05, 3.63) is 106 Å². The van der Waals surface area contributed by atoms with Gasteiger partial charge in [0, 0.05) is 16.5 Å². The summed E-state index contributed by atoms with van der Waals surface area (Å²) in [6.45, 7) is 0.0760. The zero-order chi connectivity index (χ0) is 22.8. The minimum atomic E-state index is -0.953. The van der Waals surface area contributed by atoms with Gasteiger partial charge in [-0.1, -0.05) is 76.6 Å². The van der Waals surface area contributed by atoms with Gasteiger partial charge in [0.2, 0.25) is 0 Å². The second-order valence-corrected chi connectivity index (χ2v) is 7.81. The molecule has 164 valence electrons. The molecule has 1 unspecified atom stereocenters. The molecule has 3 amide bonds. The summed E-state index contributed by atoms with van der Waals surface area (Å²) < 4.78 is 6.06. The Morgan fingerprint density at radius 1 is 0.781 bits per heavy atom. The van der Waals surface area contributed by atoms with Crippen molar-refractivity contribution in [3.8, 4) is 0 Å². The molecule has 3 aromatic carbocycles. The first-order chi connectivity index (χ1) is 15.5. The van der Waals surface area contributed by atoms with Crippen LogP contribution >= 0.6 is 15.9 Å². The summed E-state index contributed by atoms with van der Waals surface area (Å²) >= 11 is 3.30. The molecule has 0 radical (unpaired) electrons. The maximum atomic E-state index is 12.7. The highest BCUT2D eigenvalue weighted by atomic mass is 79.9. The largest absolute Gasteiger partial charge is 0.445 e. The molecule has 0 saturated heterocycles. The van der Waals surface area contributed by atoms with Crippen molar-refractivity contribution in [3.63, 3.8) is 0 Å². The fraction of sp³-hybridized carbons (Fsp3) is 0.125. The van der Waals surface area contributed by atoms with Gasteiger partial charge in [-0.05, 0) is 35.4 Å². The number of hydrogen-bond donors (Lipinski definition) is 3. The van der Waals surface area contributed by atoms with Crippen molar-refractivity contribution in [2.75, 3.05) is 0 Å². The van der Waals surface area contributed by atoms with Crippen LogP contribution in [0.15, 0.2) is 89.4 Å². The lowest BCUT2D eigenvalue weighted by molar-refractivity contribution is -0.123. The lowest BCUT2D eigenvalue weighted by Crippen LogP contribution is -2.53. The predicted octanol–water partition coefficient (Wildman–Crippen LogP) is 3.75. The molecule has 0 aromatic heterocycles. The number of benzene rings is 3. The van der Waals surface area contributed by atoms with Crippen molar-refractivity contribution in [1.29, 1.82) is 0 Å². The van der Waals surface area contributed by atoms with Gasteiger partial charge in [-0.15, -0.1) is 0 Å². The van der Waals surface area contributed by atoms with Crippen LogP contribution in [0.4, 0.5) is 4.79 Å². The van der Waals surface area contributed by atoms with Gasteiger partial charge in [-0.25, -0.2) is 4.79 Å². The molecular formula is C24H22BrN3O4. The Kier molecular flexibility index (Phi) is 8.39. The topological polar surface area (TPSA) is 96.5 Å². The maximum Gasteiger partial charge on any atom is 0.408 e. The number of hydrazine groups is 1. The van der Waals surface area contributed by atoms with Gasteiger partial charge in [0.1, 0.15) is 12.6 Å². The number of alkyl carbamates (subject to hydrolysis) is 1. The predicted molar refractivity (Wildman–Crippen MR) is 123 cm³/mol. The van der Waals surface area contributed by atoms with Crippen LogP contribution in [-0.2, 0) is 22.6 Å². The smallest absolute Gasteiger partial charge is 0.408 e. The summed E-state index contributed by atoms with van der Waals surface area (Å²) in [4.78, 5) is 37.3. The molecule has 0 bridgehead atoms. The van der Waals surface area contributed by atoms with E-state index in [9.17, 15) is 14.4 Å². The van der Waals surface area contributed by atoms with Crippen LogP contribution in [0.3, 0.4) is 0 Å². The molecule has 0 aliphatic carbocycles. The Bertz CT molecular complexity index is 1040. The molecule has 3 rings (SSSR count). The molecule has 8 heteroatoms. The molecule has 0 saturated carbocycles. The molecule has 7 nitrogen and oxygen atoms in total. The van der Waals surface area contributed by atoms with E-state index in [0.717, 1.165) is 15.6 Å². The zero-order valence-electron chi connectivity index (χ0n) is 17.1. The molecule has 0 aliphatic heterocycles. The van der Waals surface area contributed by atoms with E-state index in [4.69, 9.17) is 4.74 Å². The highest BCUT2D eigenvalue weighted by Crippen LogP contribution is 2.10. The van der Waals surface area contributed by atoms with E-state index in [1.54, 1.807) is 24.3 Å². The number of nitrogens with one attached hydrogen (secondary N) is 3. The third kappa shape index (κ3) is 7.24. The van der Waals surface area contributed by atoms with E-state index >= 15 is 0 Å². The SMILES string of the molecule is O=C(NC(Cc1ccccc1)C(=O)NNC(=O)c1ccc(Br)cc1)OCc1ccccc1. The first-order valence-corrected chi connectivity index (χ1v) is 10.7. The van der Waals surface area contributed by atoms with Crippen LogP contribution in [-0.4, -0.2) is 23.9 Å². The van der Waals surface area contributed by atoms with Gasteiger partial charge in [-0.3, -0.25) is 20.4 Å². The zero-order valence-corrected chi connectivity index (χ0v) is 18.7. The highest BCUT2D eigenvalue weighted by Gasteiger charge is 2.23. The van der Waals surface area contributed by atoms with Crippen molar-refractivity contribution >= 4 is 33.8 Å². The van der Waals surface area contributed by atoms with E-state index in [2.05, 4.69) is 32.1 Å². The van der Waals surface area contributed by atoms with Gasteiger partial charge in [-0.2, -0.15) is 0 Å². The normalized spacial score (nSPS) is 11.2. The molecule has 1 atom stereocenters. The molecule has 0 heterocycles. The Balaban J connectivity index is 1.60. The Labute approximate surface area is 194 Å². The summed E-state index contributed by atoms with van der Waals surface area (Å²) in [6.07, 6.45) is -0.509. The molecule has 0 aliphatic rings. The number of carbonyl (C=O) groups excluding carboxylic acids is 3. The highest BCUT2D eigenvalue weighted by molar-refractivity contribution is 9.10. The van der Waals surface area contributed by atoms with Gasteiger partial charge in [0.25, 0.3) is 11.8 Å². The van der Waals surface area contributed by atoms with Gasteiger partial charge in [0.15, 0.2) is 0 Å². The summed E-state index contributed by atoms with van der Waals surface area (Å²) in [5, 5.41) is 2.58. The number of halogens is 1. The Morgan fingerprint density at radius 2 is 1.38 bits per heavy atom. The van der Waals surface area contributed by atoms with Crippen LogP contribution in [0.5, 0.6) is 0 Å². The minimum absolute atomic E-state index is 0.0760. The van der Waals surface area contributed by atoms with Crippen LogP contribution < -0.4 is 16.2 Å². The van der Waals surface area contributed by atoms with E-state index in [1.165, 1.54) is 0 Å². The number of hydrogen-bond acceptors (Lipinski definition) is 4. The average Bonchev–Trinajstić information content (AvgIpc) is 2.82. The second kappa shape index (κ2) is 11.7. The molecule has 0 fully saturated rings. The first kappa shape index (κ1) is 23.0. The maximum absolute atomic E-state index is 12.7. The van der Waals surface area contributed by atoms with E-state index in [0.29, 0.717) is 5.56 Å². The van der Waals surface area contributed by atoms with Crippen LogP contribution in [0.25, 0.3) is 0 Å². The number of carbonyl (C=O) groups is 3. The lowest BCUT2D eigenvalue weighted by Gasteiger charge is -2.19. The second-order valence-electron chi connectivity index (χ2n) is 6.90. The molecular weight excluding hydrogens is 474 g/mol. The average molecular weight is 496 g/mol. The summed E-state index contributed by atoms with van der Waals surface area (Å²) in [7, 11) is 0. The third-order valence-electron chi connectivity index (χ3n) is 4.51. The van der Waals surface area contributed by atoms with Crippen molar-refractivity contribution in [1.82, 2.24) is 16.2 Å². The first-order valence-electron chi connectivity index (χ1n) is 9.88. The van der Waals surface area contributed by atoms with E-state index in [-0.39, 0.29) is 13.0 Å². The molecule has 3 N–H and O–H groups in total. The van der Waals surface area contributed by atoms with Gasteiger partial charge >= 0.3 is 6.09 Å². The monoisotopic (exact) mass is 495 g/mol. The van der Waals surface area contributed by atoms with Crippen LogP contribution in [0.1, 0.15) is 21.5 Å². The van der Waals surface area contributed by atoms with Crippen LogP contribution in [0, 0.1) is 0 Å². The fourth-order valence-electron chi connectivity index (χ4n) is 2.85. The fourth-order valence-corrected chi connectivity index (χ4v) is 3.11. The van der Waals surface area contributed by atoms with Gasteiger partial charge in [0.05, 0.1) is 0 Å². The van der Waals surface area contributed by atoms with E-state index < -0.39 is 23.9 Å². The quantitative estimate of drug-likeness (QED) is 0.435. The van der Waals surface area contributed by atoms with E-state index in [1.807, 2.05) is 60.7 Å². The third-order valence-corrected chi connectivity index (χ3v) is 5.04. The van der Waals surface area contributed by atoms with Crippen molar-refractivity contribution < 1.29 is 19.1 Å². The van der Waals surface area contributed by atoms with Crippen molar-refractivity contribution in [2.24, 2.45) is 0 Å². The summed E-state index contributed by atoms with van der Waals surface area (Å²) in [5.74, 6) is -1.05. The van der Waals surface area contributed by atoms with Crippen LogP contribution in [0.2, 0.25) is 0 Å². The molecule has 3 aromatic rings. The number of rotatable bonds is 7. The standard InChI is InChI=1S/C24H22BrN3O4/c25-20-13-11-19(12-14-20)22(29)27-28-23(30)21(15-17-7-3-1-4-8-17)26-24(31)32-16-18-9-5-2-6-10-18/h1-14,21H,15-16H2,(H,26,31)(H,27,29)(H,28,30). The summed E-state index contributed by atoms with van der Waals surface area (Å²) in [6, 6.07) is 24.2. The Hall–Kier alpha value is -3.65. The van der Waals surface area contributed by atoms with Crippen molar-refractivity contribution in [2.45, 2.75) is 19.1 Å². The molecule has 0 spiro atoms. The Morgan fingerprint density at radius 3 is 2.00 bits per heavy atom. The lowest BCUT2D eigenvalue weighted by atomic mass is 10.1.